The van der Waals surface area contributed by atoms with Crippen LogP contribution in [0.3, 0.4) is 0 Å². The molecule has 1 aromatic carbocycles. The van der Waals surface area contributed by atoms with Crippen LogP contribution >= 0.6 is 0 Å². The summed E-state index contributed by atoms with van der Waals surface area (Å²) in [6.45, 7) is 10.1. The normalized spacial score (nSPS) is 19.1. The molecule has 0 amide bonds. The Hall–Kier alpha value is -1.15. The first-order valence-corrected chi connectivity index (χ1v) is 6.76. The highest BCUT2D eigenvalue weighted by molar-refractivity contribution is 5.99. The molecule has 0 aromatic heterocycles. The minimum Gasteiger partial charge on any atom is -0.293 e. The van der Waals surface area contributed by atoms with E-state index in [1.54, 1.807) is 0 Å². The second-order valence-electron chi connectivity index (χ2n) is 6.08. The van der Waals surface area contributed by atoms with Crippen LogP contribution in [0, 0.1) is 13.8 Å². The third-order valence-corrected chi connectivity index (χ3v) is 4.10. The Morgan fingerprint density at radius 2 is 2.06 bits per heavy atom. The van der Waals surface area contributed by atoms with Crippen molar-refractivity contribution < 1.29 is 4.79 Å². The van der Waals surface area contributed by atoms with E-state index < -0.39 is 0 Å². The molecular formula is C16H23NO. The lowest BCUT2D eigenvalue weighted by Crippen LogP contribution is -2.41. The summed E-state index contributed by atoms with van der Waals surface area (Å²) in [5, 5.41) is 0. The lowest BCUT2D eigenvalue weighted by atomic mass is 9.99. The fourth-order valence-electron chi connectivity index (χ4n) is 2.75. The molecule has 0 radical (unpaired) electrons. The first-order chi connectivity index (χ1) is 8.40. The van der Waals surface area contributed by atoms with Gasteiger partial charge in [0.2, 0.25) is 0 Å². The van der Waals surface area contributed by atoms with Gasteiger partial charge in [-0.1, -0.05) is 17.7 Å². The Bertz CT molecular complexity index is 462. The molecule has 1 heterocycles. The van der Waals surface area contributed by atoms with E-state index in [1.807, 2.05) is 26.0 Å². The summed E-state index contributed by atoms with van der Waals surface area (Å²) in [4.78, 5) is 14.7. The Balaban J connectivity index is 2.15. The van der Waals surface area contributed by atoms with E-state index in [0.29, 0.717) is 6.54 Å². The molecule has 0 spiro atoms. The second-order valence-corrected chi connectivity index (χ2v) is 6.08. The maximum Gasteiger partial charge on any atom is 0.177 e. The average Bonchev–Trinajstić information content (AvgIpc) is 2.62. The zero-order valence-electron chi connectivity index (χ0n) is 11.9. The molecule has 1 aliphatic rings. The topological polar surface area (TPSA) is 20.3 Å². The smallest absolute Gasteiger partial charge is 0.177 e. The summed E-state index contributed by atoms with van der Waals surface area (Å²) >= 11 is 0. The minimum absolute atomic E-state index is 0.174. The number of carbonyl (C=O) groups excluding carboxylic acids is 1. The summed E-state index contributed by atoms with van der Waals surface area (Å²) in [7, 11) is 0. The van der Waals surface area contributed by atoms with Crippen molar-refractivity contribution in [1.29, 1.82) is 0 Å². The molecule has 1 aromatic rings. The van der Waals surface area contributed by atoms with Crippen molar-refractivity contribution in [3.63, 3.8) is 0 Å². The van der Waals surface area contributed by atoms with Crippen molar-refractivity contribution in [2.75, 3.05) is 13.1 Å². The molecule has 2 nitrogen and oxygen atoms in total. The lowest BCUT2D eigenvalue weighted by molar-refractivity contribution is 0.0870. The second kappa shape index (κ2) is 4.85. The molecule has 0 unspecified atom stereocenters. The number of rotatable bonds is 3. The van der Waals surface area contributed by atoms with E-state index in [1.165, 1.54) is 12.8 Å². The zero-order valence-corrected chi connectivity index (χ0v) is 11.9. The van der Waals surface area contributed by atoms with Crippen molar-refractivity contribution in [2.45, 2.75) is 46.1 Å². The Morgan fingerprint density at radius 3 is 2.67 bits per heavy atom. The maximum atomic E-state index is 12.4. The molecule has 98 valence electrons. The molecule has 1 aliphatic heterocycles. The average molecular weight is 245 g/mol. The highest BCUT2D eigenvalue weighted by Gasteiger charge is 2.33. The molecule has 0 saturated carbocycles. The van der Waals surface area contributed by atoms with Gasteiger partial charge in [-0.15, -0.1) is 0 Å². The summed E-state index contributed by atoms with van der Waals surface area (Å²) in [6.07, 6.45) is 2.39. The van der Waals surface area contributed by atoms with Crippen LogP contribution in [-0.4, -0.2) is 29.3 Å². The van der Waals surface area contributed by atoms with Crippen LogP contribution in [0.2, 0.25) is 0 Å². The number of likely N-dealkylation sites (tertiary alicyclic amines) is 1. The van der Waals surface area contributed by atoms with E-state index in [-0.39, 0.29) is 11.3 Å². The summed E-state index contributed by atoms with van der Waals surface area (Å²) in [6, 6.07) is 6.12. The predicted octanol–water partition coefficient (Wildman–Crippen LogP) is 3.36. The van der Waals surface area contributed by atoms with E-state index in [9.17, 15) is 4.79 Å². The molecule has 0 aliphatic carbocycles. The highest BCUT2D eigenvalue weighted by atomic mass is 16.1. The number of ketones is 1. The van der Waals surface area contributed by atoms with Gasteiger partial charge >= 0.3 is 0 Å². The van der Waals surface area contributed by atoms with E-state index in [4.69, 9.17) is 0 Å². The summed E-state index contributed by atoms with van der Waals surface area (Å²) in [5.41, 5.74) is 3.30. The molecule has 2 rings (SSSR count). The lowest BCUT2D eigenvalue weighted by Gasteiger charge is -2.31. The van der Waals surface area contributed by atoms with Crippen molar-refractivity contribution in [2.24, 2.45) is 0 Å². The Labute approximate surface area is 110 Å². The van der Waals surface area contributed by atoms with Crippen LogP contribution in [0.25, 0.3) is 0 Å². The van der Waals surface area contributed by atoms with Crippen LogP contribution in [0.4, 0.5) is 0 Å². The van der Waals surface area contributed by atoms with Gasteiger partial charge in [0.15, 0.2) is 5.78 Å². The third kappa shape index (κ3) is 2.64. The first kappa shape index (κ1) is 13.3. The van der Waals surface area contributed by atoms with Gasteiger partial charge in [0.25, 0.3) is 0 Å². The number of nitrogens with zero attached hydrogens (tertiary/aromatic N) is 1. The molecule has 0 atom stereocenters. The van der Waals surface area contributed by atoms with Gasteiger partial charge in [-0.2, -0.15) is 0 Å². The number of hydrogen-bond acceptors (Lipinski definition) is 2. The van der Waals surface area contributed by atoms with Gasteiger partial charge in [0.05, 0.1) is 6.54 Å². The van der Waals surface area contributed by atoms with Gasteiger partial charge in [-0.3, -0.25) is 9.69 Å². The van der Waals surface area contributed by atoms with Crippen molar-refractivity contribution in [3.8, 4) is 0 Å². The van der Waals surface area contributed by atoms with Crippen molar-refractivity contribution in [1.82, 2.24) is 4.90 Å². The van der Waals surface area contributed by atoms with Crippen molar-refractivity contribution in [3.05, 3.63) is 34.9 Å². The molecule has 0 N–H and O–H groups in total. The van der Waals surface area contributed by atoms with Gasteiger partial charge in [-0.25, -0.2) is 0 Å². The number of benzene rings is 1. The first-order valence-electron chi connectivity index (χ1n) is 6.76. The molecule has 18 heavy (non-hydrogen) atoms. The fraction of sp³-hybridized carbons (Fsp3) is 0.562. The highest BCUT2D eigenvalue weighted by Crippen LogP contribution is 2.28. The zero-order chi connectivity index (χ0) is 13.3. The molecule has 2 heteroatoms. The number of Topliss-reactive ketones (excluding diaryl/α,β-unsaturated/α-hetero) is 1. The van der Waals surface area contributed by atoms with Gasteiger partial charge < -0.3 is 0 Å². The summed E-state index contributed by atoms with van der Waals surface area (Å²) in [5.74, 6) is 0.256. The number of aryl methyl sites for hydroxylation is 2. The van der Waals surface area contributed by atoms with Crippen molar-refractivity contribution >= 4 is 5.78 Å². The van der Waals surface area contributed by atoms with Crippen LogP contribution in [0.1, 0.15) is 48.2 Å². The van der Waals surface area contributed by atoms with E-state index >= 15 is 0 Å². The molecular weight excluding hydrogens is 222 g/mol. The molecule has 1 fully saturated rings. The van der Waals surface area contributed by atoms with Crippen LogP contribution in [0.5, 0.6) is 0 Å². The summed E-state index contributed by atoms with van der Waals surface area (Å²) < 4.78 is 0. The van der Waals surface area contributed by atoms with Crippen LogP contribution in [-0.2, 0) is 0 Å². The number of carbonyl (C=O) groups is 1. The Morgan fingerprint density at radius 1 is 1.33 bits per heavy atom. The molecule has 1 saturated heterocycles. The van der Waals surface area contributed by atoms with E-state index in [2.05, 4.69) is 24.8 Å². The quantitative estimate of drug-likeness (QED) is 0.761. The SMILES string of the molecule is Cc1ccc(C)c(C(=O)CN2CCCC2(C)C)c1. The Kier molecular flexibility index (Phi) is 3.58. The van der Waals surface area contributed by atoms with E-state index in [0.717, 1.165) is 23.2 Å². The minimum atomic E-state index is 0.174. The van der Waals surface area contributed by atoms with Crippen LogP contribution in [0.15, 0.2) is 18.2 Å². The fourth-order valence-corrected chi connectivity index (χ4v) is 2.75. The third-order valence-electron chi connectivity index (χ3n) is 4.10. The van der Waals surface area contributed by atoms with Crippen LogP contribution < -0.4 is 0 Å². The van der Waals surface area contributed by atoms with Gasteiger partial charge in [0, 0.05) is 11.1 Å². The van der Waals surface area contributed by atoms with Gasteiger partial charge in [0.1, 0.15) is 0 Å². The van der Waals surface area contributed by atoms with Gasteiger partial charge in [-0.05, 0) is 58.7 Å². The largest absolute Gasteiger partial charge is 0.293 e. The predicted molar refractivity (Wildman–Crippen MR) is 75.1 cm³/mol. The standard InChI is InChI=1S/C16H23NO/c1-12-6-7-13(2)14(10-12)15(18)11-17-9-5-8-16(17,3)4/h6-7,10H,5,8-9,11H2,1-4H3. The molecule has 0 bridgehead atoms. The maximum absolute atomic E-state index is 12.4. The monoisotopic (exact) mass is 245 g/mol. The number of hydrogen-bond donors (Lipinski definition) is 0.